The van der Waals surface area contributed by atoms with Crippen molar-refractivity contribution in [3.63, 3.8) is 0 Å². The minimum absolute atomic E-state index is 0.0969. The molecule has 3 aromatic rings. The maximum atomic E-state index is 13.8. The first-order chi connectivity index (χ1) is 21.2. The SMILES string of the molecule is CCOC(=O)C1=C(C)NC(=O)N[C@@H]1c1ccc(OCC(=O)N/N=C\c2ccc(OCc3ccccc3F)c(I)c2)c(OC)c1. The summed E-state index contributed by atoms with van der Waals surface area (Å²) in [6, 6.07) is 15.3. The standard InChI is InChI=1S/C31H30FIN4O7/c1-4-42-30(39)28-18(2)35-31(40)36-29(28)20-10-12-25(26(14-20)41-3)44-17-27(38)37-34-15-19-9-11-24(23(33)13-19)43-16-21-7-5-6-8-22(21)32/h5-15,29H,4,16-17H2,1-3H3,(H,37,38)(H2,35,36,40)/b34-15-/t29-/m1/s1. The quantitative estimate of drug-likeness (QED) is 0.107. The third-order valence-electron chi connectivity index (χ3n) is 6.34. The average molecular weight is 717 g/mol. The van der Waals surface area contributed by atoms with Gasteiger partial charge in [0.2, 0.25) is 0 Å². The Morgan fingerprint density at radius 1 is 1.07 bits per heavy atom. The molecule has 230 valence electrons. The van der Waals surface area contributed by atoms with Crippen LogP contribution in [-0.4, -0.2) is 44.4 Å². The van der Waals surface area contributed by atoms with Crippen molar-refractivity contribution in [1.82, 2.24) is 16.1 Å². The van der Waals surface area contributed by atoms with Gasteiger partial charge in [-0.1, -0.05) is 24.3 Å². The van der Waals surface area contributed by atoms with Crippen molar-refractivity contribution >= 4 is 46.7 Å². The lowest BCUT2D eigenvalue weighted by molar-refractivity contribution is -0.139. The molecule has 3 N–H and O–H groups in total. The van der Waals surface area contributed by atoms with Crippen LogP contribution >= 0.6 is 22.6 Å². The number of halogens is 2. The number of allylic oxidation sites excluding steroid dienone is 1. The maximum Gasteiger partial charge on any atom is 0.338 e. The molecule has 0 saturated heterocycles. The van der Waals surface area contributed by atoms with Crippen LogP contribution in [0.25, 0.3) is 0 Å². The molecule has 3 amide bonds. The van der Waals surface area contributed by atoms with Crippen LogP contribution in [-0.2, 0) is 20.9 Å². The minimum Gasteiger partial charge on any atom is -0.493 e. The molecule has 0 bridgehead atoms. The maximum absolute atomic E-state index is 13.8. The molecule has 0 saturated carbocycles. The number of benzene rings is 3. The predicted molar refractivity (Wildman–Crippen MR) is 168 cm³/mol. The predicted octanol–water partition coefficient (Wildman–Crippen LogP) is 4.74. The van der Waals surface area contributed by atoms with Gasteiger partial charge in [0.05, 0.1) is 35.1 Å². The lowest BCUT2D eigenvalue weighted by Crippen LogP contribution is -2.45. The molecule has 0 unspecified atom stereocenters. The van der Waals surface area contributed by atoms with Gasteiger partial charge in [-0.25, -0.2) is 19.4 Å². The number of amides is 3. The normalized spacial score (nSPS) is 14.5. The molecular weight excluding hydrogens is 686 g/mol. The van der Waals surface area contributed by atoms with Crippen LogP contribution < -0.4 is 30.3 Å². The van der Waals surface area contributed by atoms with Gasteiger partial charge in [-0.2, -0.15) is 5.10 Å². The Morgan fingerprint density at radius 2 is 1.84 bits per heavy atom. The first-order valence-electron chi connectivity index (χ1n) is 13.4. The molecule has 3 aromatic carbocycles. The lowest BCUT2D eigenvalue weighted by atomic mass is 9.95. The highest BCUT2D eigenvalue weighted by Crippen LogP contribution is 2.34. The molecule has 4 rings (SSSR count). The van der Waals surface area contributed by atoms with Crippen molar-refractivity contribution in [3.8, 4) is 17.2 Å². The molecule has 0 aliphatic carbocycles. The van der Waals surface area contributed by atoms with E-state index in [-0.39, 0.29) is 37.0 Å². The van der Waals surface area contributed by atoms with E-state index in [2.05, 4.69) is 43.8 Å². The van der Waals surface area contributed by atoms with E-state index in [4.69, 9.17) is 18.9 Å². The summed E-state index contributed by atoms with van der Waals surface area (Å²) in [4.78, 5) is 37.1. The van der Waals surface area contributed by atoms with E-state index < -0.39 is 23.9 Å². The van der Waals surface area contributed by atoms with Crippen molar-refractivity contribution in [2.24, 2.45) is 5.10 Å². The van der Waals surface area contributed by atoms with Crippen molar-refractivity contribution < 1.29 is 37.7 Å². The molecule has 13 heteroatoms. The summed E-state index contributed by atoms with van der Waals surface area (Å²) < 4.78 is 36.6. The Balaban J connectivity index is 1.34. The summed E-state index contributed by atoms with van der Waals surface area (Å²) in [7, 11) is 1.43. The average Bonchev–Trinajstić information content (AvgIpc) is 3.00. The molecule has 0 fully saturated rings. The van der Waals surface area contributed by atoms with Gasteiger partial charge in [0.1, 0.15) is 18.2 Å². The number of esters is 1. The zero-order valence-corrected chi connectivity index (χ0v) is 26.3. The minimum atomic E-state index is -0.779. The van der Waals surface area contributed by atoms with Gasteiger partial charge < -0.3 is 29.6 Å². The van der Waals surface area contributed by atoms with E-state index in [1.165, 1.54) is 19.4 Å². The highest BCUT2D eigenvalue weighted by Gasteiger charge is 2.32. The van der Waals surface area contributed by atoms with Crippen LogP contribution in [0, 0.1) is 9.39 Å². The highest BCUT2D eigenvalue weighted by molar-refractivity contribution is 14.1. The van der Waals surface area contributed by atoms with E-state index in [0.717, 1.165) is 3.57 Å². The van der Waals surface area contributed by atoms with E-state index in [0.29, 0.717) is 33.9 Å². The van der Waals surface area contributed by atoms with Crippen LogP contribution in [0.5, 0.6) is 17.2 Å². The summed E-state index contributed by atoms with van der Waals surface area (Å²) >= 11 is 2.11. The zero-order valence-electron chi connectivity index (χ0n) is 24.1. The second kappa shape index (κ2) is 15.2. The van der Waals surface area contributed by atoms with Gasteiger partial charge in [0.25, 0.3) is 5.91 Å². The molecule has 0 spiro atoms. The fraction of sp³-hybridized carbons (Fsp3) is 0.226. The number of rotatable bonds is 12. The summed E-state index contributed by atoms with van der Waals surface area (Å²) in [6.45, 7) is 3.23. The topological polar surface area (TPSA) is 137 Å². The summed E-state index contributed by atoms with van der Waals surface area (Å²) in [5, 5.41) is 9.29. The largest absolute Gasteiger partial charge is 0.493 e. The molecule has 1 heterocycles. The third kappa shape index (κ3) is 8.24. The van der Waals surface area contributed by atoms with E-state index in [1.807, 2.05) is 6.07 Å². The van der Waals surface area contributed by atoms with Crippen LogP contribution in [0.15, 0.2) is 77.0 Å². The number of carbonyl (C=O) groups excluding carboxylic acids is 3. The Labute approximate surface area is 266 Å². The van der Waals surface area contributed by atoms with Crippen LogP contribution in [0.2, 0.25) is 0 Å². The number of hydrazone groups is 1. The van der Waals surface area contributed by atoms with Gasteiger partial charge in [0, 0.05) is 11.3 Å². The Morgan fingerprint density at radius 3 is 2.57 bits per heavy atom. The van der Waals surface area contributed by atoms with Crippen LogP contribution in [0.3, 0.4) is 0 Å². The number of nitrogens with zero attached hydrogens (tertiary/aromatic N) is 1. The number of methoxy groups -OCH3 is 1. The van der Waals surface area contributed by atoms with Gasteiger partial charge in [-0.05, 0) is 84.0 Å². The second-order valence-electron chi connectivity index (χ2n) is 9.35. The highest BCUT2D eigenvalue weighted by atomic mass is 127. The monoisotopic (exact) mass is 716 g/mol. The number of urea groups is 1. The summed E-state index contributed by atoms with van der Waals surface area (Å²) in [5.74, 6) is -0.243. The van der Waals surface area contributed by atoms with Crippen molar-refractivity contribution in [2.75, 3.05) is 20.3 Å². The number of ether oxygens (including phenoxy) is 4. The summed E-state index contributed by atoms with van der Waals surface area (Å²) in [6.07, 6.45) is 1.47. The molecule has 1 aliphatic rings. The molecule has 44 heavy (non-hydrogen) atoms. The van der Waals surface area contributed by atoms with Crippen LogP contribution in [0.1, 0.15) is 36.6 Å². The molecule has 11 nitrogen and oxygen atoms in total. The Bertz CT molecular complexity index is 1610. The number of nitrogens with one attached hydrogen (secondary N) is 3. The fourth-order valence-electron chi connectivity index (χ4n) is 4.25. The first kappa shape index (κ1) is 32.3. The molecule has 0 radical (unpaired) electrons. The smallest absolute Gasteiger partial charge is 0.338 e. The molecule has 0 aromatic heterocycles. The Kier molecular flexibility index (Phi) is 11.1. The fourth-order valence-corrected chi connectivity index (χ4v) is 4.94. The number of carbonyl (C=O) groups is 3. The zero-order chi connectivity index (χ0) is 31.6. The van der Waals surface area contributed by atoms with Crippen molar-refractivity contribution in [2.45, 2.75) is 26.5 Å². The number of hydrogen-bond donors (Lipinski definition) is 3. The lowest BCUT2D eigenvalue weighted by Gasteiger charge is -2.28. The second-order valence-corrected chi connectivity index (χ2v) is 10.5. The van der Waals surface area contributed by atoms with Crippen molar-refractivity contribution in [1.29, 1.82) is 0 Å². The van der Waals surface area contributed by atoms with Gasteiger partial charge in [-0.3, -0.25) is 4.79 Å². The van der Waals surface area contributed by atoms with Crippen molar-refractivity contribution in [3.05, 3.63) is 98.0 Å². The van der Waals surface area contributed by atoms with E-state index >= 15 is 0 Å². The number of hydrogen-bond acceptors (Lipinski definition) is 8. The van der Waals surface area contributed by atoms with Crippen LogP contribution in [0.4, 0.5) is 9.18 Å². The third-order valence-corrected chi connectivity index (χ3v) is 7.19. The molecule has 1 aliphatic heterocycles. The van der Waals surface area contributed by atoms with E-state index in [9.17, 15) is 18.8 Å². The van der Waals surface area contributed by atoms with Gasteiger partial charge in [0.15, 0.2) is 18.1 Å². The van der Waals surface area contributed by atoms with Gasteiger partial charge >= 0.3 is 12.0 Å². The Hall–Kier alpha value is -4.66. The summed E-state index contributed by atoms with van der Waals surface area (Å²) in [5.41, 5.74) is 4.77. The molecule has 1 atom stereocenters. The molecular formula is C31H30FIN4O7. The first-order valence-corrected chi connectivity index (χ1v) is 14.5. The van der Waals surface area contributed by atoms with Gasteiger partial charge in [-0.15, -0.1) is 0 Å². The van der Waals surface area contributed by atoms with E-state index in [1.54, 1.807) is 62.4 Å².